The molecule has 0 atom stereocenters. The lowest BCUT2D eigenvalue weighted by atomic mass is 10.1. The summed E-state index contributed by atoms with van der Waals surface area (Å²) in [5.41, 5.74) is 0.740. The van der Waals surface area contributed by atoms with Crippen LogP contribution in [-0.2, 0) is 0 Å². The van der Waals surface area contributed by atoms with Gasteiger partial charge in [0.25, 0.3) is 0 Å². The van der Waals surface area contributed by atoms with E-state index >= 15 is 0 Å². The average molecular weight is 246 g/mol. The van der Waals surface area contributed by atoms with Crippen LogP contribution in [0.3, 0.4) is 0 Å². The molecule has 1 aromatic rings. The Balaban J connectivity index is 2.21. The number of Topliss-reactive ketones (excluding diaryl/α,β-unsaturated/α-hetero) is 1. The quantitative estimate of drug-likeness (QED) is 0.605. The minimum atomic E-state index is 0.0959. The van der Waals surface area contributed by atoms with Crippen LogP contribution in [0.25, 0.3) is 0 Å². The Hall–Kier alpha value is -1.38. The topological polar surface area (TPSA) is 33.2 Å². The zero-order chi connectivity index (χ0) is 13.0. The second kappa shape index (κ2) is 5.98. The van der Waals surface area contributed by atoms with Crippen molar-refractivity contribution in [2.45, 2.75) is 51.5 Å². The molecule has 0 spiro atoms. The van der Waals surface area contributed by atoms with E-state index in [9.17, 15) is 4.79 Å². The van der Waals surface area contributed by atoms with Crippen LogP contribution < -0.4 is 4.90 Å². The summed E-state index contributed by atoms with van der Waals surface area (Å²) in [5, 5.41) is 0. The Labute approximate surface area is 109 Å². The summed E-state index contributed by atoms with van der Waals surface area (Å²) in [7, 11) is 2.07. The number of carbonyl (C=O) groups is 1. The molecule has 1 saturated carbocycles. The summed E-state index contributed by atoms with van der Waals surface area (Å²) in [6, 6.07) is 4.24. The molecule has 0 N–H and O–H groups in total. The third-order valence-corrected chi connectivity index (χ3v) is 3.87. The van der Waals surface area contributed by atoms with Gasteiger partial charge in [0.05, 0.1) is 5.56 Å². The molecule has 18 heavy (non-hydrogen) atoms. The van der Waals surface area contributed by atoms with E-state index in [1.807, 2.05) is 12.1 Å². The van der Waals surface area contributed by atoms with Crippen molar-refractivity contribution in [1.29, 1.82) is 0 Å². The highest BCUT2D eigenvalue weighted by molar-refractivity contribution is 5.98. The zero-order valence-corrected chi connectivity index (χ0v) is 11.4. The second-order valence-electron chi connectivity index (χ2n) is 5.19. The van der Waals surface area contributed by atoms with Gasteiger partial charge in [-0.15, -0.1) is 0 Å². The highest BCUT2D eigenvalue weighted by Gasteiger charge is 2.21. The van der Waals surface area contributed by atoms with Gasteiger partial charge in [0.1, 0.15) is 5.82 Å². The lowest BCUT2D eigenvalue weighted by Gasteiger charge is -2.29. The van der Waals surface area contributed by atoms with Crippen LogP contribution in [0.2, 0.25) is 0 Å². The van der Waals surface area contributed by atoms with E-state index < -0.39 is 0 Å². The average Bonchev–Trinajstić information content (AvgIpc) is 2.66. The van der Waals surface area contributed by atoms with Crippen LogP contribution in [0.4, 0.5) is 5.82 Å². The zero-order valence-electron chi connectivity index (χ0n) is 11.4. The molecule has 2 rings (SSSR count). The summed E-state index contributed by atoms with van der Waals surface area (Å²) < 4.78 is 0. The number of carbonyl (C=O) groups excluding carboxylic acids is 1. The molecule has 0 aromatic carbocycles. The van der Waals surface area contributed by atoms with Crippen molar-refractivity contribution in [1.82, 2.24) is 4.98 Å². The fourth-order valence-electron chi connectivity index (χ4n) is 2.77. The van der Waals surface area contributed by atoms with Gasteiger partial charge in [-0.3, -0.25) is 4.79 Å². The van der Waals surface area contributed by atoms with Crippen molar-refractivity contribution >= 4 is 11.6 Å². The predicted molar refractivity (Wildman–Crippen MR) is 74.1 cm³/mol. The van der Waals surface area contributed by atoms with Gasteiger partial charge in [-0.2, -0.15) is 0 Å². The van der Waals surface area contributed by atoms with E-state index in [0.29, 0.717) is 6.04 Å². The molecule has 0 saturated heterocycles. The third kappa shape index (κ3) is 2.89. The summed E-state index contributed by atoms with van der Waals surface area (Å²) in [6.45, 7) is 1.61. The fourth-order valence-corrected chi connectivity index (χ4v) is 2.77. The Morgan fingerprint density at radius 3 is 2.56 bits per heavy atom. The van der Waals surface area contributed by atoms with Gasteiger partial charge in [0.15, 0.2) is 5.78 Å². The number of nitrogens with zero attached hydrogens (tertiary/aromatic N) is 2. The number of pyridine rings is 1. The third-order valence-electron chi connectivity index (χ3n) is 3.87. The van der Waals surface area contributed by atoms with Gasteiger partial charge in [-0.05, 0) is 31.9 Å². The lowest BCUT2D eigenvalue weighted by Crippen LogP contribution is -2.32. The number of ketones is 1. The summed E-state index contributed by atoms with van der Waals surface area (Å²) >= 11 is 0. The number of aromatic nitrogens is 1. The summed E-state index contributed by atoms with van der Waals surface area (Å²) in [6.07, 6.45) is 9.45. The molecule has 1 aromatic heterocycles. The molecular weight excluding hydrogens is 224 g/mol. The molecule has 0 amide bonds. The summed E-state index contributed by atoms with van der Waals surface area (Å²) in [5.74, 6) is 0.940. The van der Waals surface area contributed by atoms with Gasteiger partial charge in [0, 0.05) is 19.3 Å². The Kier molecular flexibility index (Phi) is 4.34. The first-order chi connectivity index (χ1) is 8.70. The standard InChI is InChI=1S/C15H22N2O/c1-12(18)14-10-7-11-16-15(14)17(2)13-8-5-3-4-6-9-13/h7,10-11,13H,3-6,8-9H2,1-2H3. The van der Waals surface area contributed by atoms with Crippen molar-refractivity contribution in [3.05, 3.63) is 23.9 Å². The van der Waals surface area contributed by atoms with E-state index in [1.165, 1.54) is 38.5 Å². The van der Waals surface area contributed by atoms with Gasteiger partial charge in [-0.25, -0.2) is 4.98 Å². The maximum absolute atomic E-state index is 11.7. The maximum atomic E-state index is 11.7. The van der Waals surface area contributed by atoms with Crippen LogP contribution in [0.1, 0.15) is 55.8 Å². The second-order valence-corrected chi connectivity index (χ2v) is 5.19. The van der Waals surface area contributed by atoms with E-state index in [0.717, 1.165) is 11.4 Å². The van der Waals surface area contributed by atoms with Crippen LogP contribution in [-0.4, -0.2) is 23.9 Å². The fraction of sp³-hybridized carbons (Fsp3) is 0.600. The van der Waals surface area contributed by atoms with Gasteiger partial charge >= 0.3 is 0 Å². The van der Waals surface area contributed by atoms with E-state index in [-0.39, 0.29) is 5.78 Å². The molecule has 1 heterocycles. The Morgan fingerprint density at radius 2 is 1.94 bits per heavy atom. The van der Waals surface area contributed by atoms with Crippen molar-refractivity contribution in [3.63, 3.8) is 0 Å². The Bertz CT molecular complexity index is 409. The monoisotopic (exact) mass is 246 g/mol. The maximum Gasteiger partial charge on any atom is 0.163 e. The number of hydrogen-bond acceptors (Lipinski definition) is 3. The minimum absolute atomic E-state index is 0.0959. The Morgan fingerprint density at radius 1 is 1.28 bits per heavy atom. The number of rotatable bonds is 3. The molecule has 1 aliphatic rings. The van der Waals surface area contributed by atoms with E-state index in [4.69, 9.17) is 0 Å². The van der Waals surface area contributed by atoms with Crippen molar-refractivity contribution in [2.75, 3.05) is 11.9 Å². The van der Waals surface area contributed by atoms with E-state index in [1.54, 1.807) is 13.1 Å². The minimum Gasteiger partial charge on any atom is -0.356 e. The largest absolute Gasteiger partial charge is 0.356 e. The van der Waals surface area contributed by atoms with Crippen LogP contribution in [0.5, 0.6) is 0 Å². The lowest BCUT2D eigenvalue weighted by molar-refractivity contribution is 0.101. The van der Waals surface area contributed by atoms with Crippen molar-refractivity contribution in [2.24, 2.45) is 0 Å². The highest BCUT2D eigenvalue weighted by Crippen LogP contribution is 2.26. The molecule has 1 aliphatic carbocycles. The van der Waals surface area contributed by atoms with Crippen LogP contribution in [0, 0.1) is 0 Å². The molecule has 98 valence electrons. The molecule has 0 bridgehead atoms. The van der Waals surface area contributed by atoms with Gasteiger partial charge in [0.2, 0.25) is 0 Å². The molecular formula is C15H22N2O. The molecule has 1 fully saturated rings. The van der Waals surface area contributed by atoms with Crippen LogP contribution in [0.15, 0.2) is 18.3 Å². The smallest absolute Gasteiger partial charge is 0.163 e. The number of hydrogen-bond donors (Lipinski definition) is 0. The first-order valence-corrected chi connectivity index (χ1v) is 6.89. The number of anilines is 1. The van der Waals surface area contributed by atoms with Crippen molar-refractivity contribution in [3.8, 4) is 0 Å². The first kappa shape index (κ1) is 13.1. The molecule has 0 unspecified atom stereocenters. The summed E-state index contributed by atoms with van der Waals surface area (Å²) in [4.78, 5) is 18.3. The molecule has 3 heteroatoms. The van der Waals surface area contributed by atoms with E-state index in [2.05, 4.69) is 16.9 Å². The molecule has 0 radical (unpaired) electrons. The molecule has 0 aliphatic heterocycles. The normalized spacial score (nSPS) is 17.2. The van der Waals surface area contributed by atoms with Crippen LogP contribution >= 0.6 is 0 Å². The SMILES string of the molecule is CC(=O)c1cccnc1N(C)C1CCCCCC1. The predicted octanol–water partition coefficient (Wildman–Crippen LogP) is 3.44. The molecule has 3 nitrogen and oxygen atoms in total. The van der Waals surface area contributed by atoms with Gasteiger partial charge in [-0.1, -0.05) is 25.7 Å². The van der Waals surface area contributed by atoms with Crippen molar-refractivity contribution < 1.29 is 4.79 Å². The first-order valence-electron chi connectivity index (χ1n) is 6.89. The van der Waals surface area contributed by atoms with Gasteiger partial charge < -0.3 is 4.90 Å². The highest BCUT2D eigenvalue weighted by atomic mass is 16.1.